The first-order valence-corrected chi connectivity index (χ1v) is 8.97. The Morgan fingerprint density at radius 2 is 2.00 bits per heavy atom. The van der Waals surface area contributed by atoms with Gasteiger partial charge in [-0.15, -0.1) is 0 Å². The second kappa shape index (κ2) is 6.88. The average molecular weight is 340 g/mol. The van der Waals surface area contributed by atoms with Crippen LogP contribution in [0, 0.1) is 0 Å². The highest BCUT2D eigenvalue weighted by molar-refractivity contribution is 5.94. The lowest BCUT2D eigenvalue weighted by atomic mass is 9.93. The van der Waals surface area contributed by atoms with E-state index in [2.05, 4.69) is 15.3 Å². The largest absolute Gasteiger partial charge is 0.378 e. The molecule has 4 rings (SSSR count). The number of nitrogens with zero attached hydrogens (tertiary/aromatic N) is 3. The van der Waals surface area contributed by atoms with Gasteiger partial charge in [0.1, 0.15) is 0 Å². The van der Waals surface area contributed by atoms with Crippen molar-refractivity contribution in [3.63, 3.8) is 0 Å². The standard InChI is InChI=1S/C19H24N4O2/c1-22-18-4-2-3-17(16(18)13-20-22)21-19(24)14-5-7-15(8-6-14)23-9-11-25-12-10-23/h5-8,13,17H,2-4,9-12H2,1H3,(H,21,24). The number of carbonyl (C=O) groups is 1. The lowest BCUT2D eigenvalue weighted by molar-refractivity contribution is 0.0932. The fraction of sp³-hybridized carbons (Fsp3) is 0.474. The van der Waals surface area contributed by atoms with E-state index in [0.29, 0.717) is 5.56 Å². The van der Waals surface area contributed by atoms with Crippen LogP contribution in [-0.4, -0.2) is 42.0 Å². The molecule has 0 saturated carbocycles. The van der Waals surface area contributed by atoms with Crippen molar-refractivity contribution >= 4 is 11.6 Å². The number of nitrogens with one attached hydrogen (secondary N) is 1. The molecule has 1 saturated heterocycles. The van der Waals surface area contributed by atoms with Crippen LogP contribution < -0.4 is 10.2 Å². The van der Waals surface area contributed by atoms with E-state index < -0.39 is 0 Å². The molecule has 1 amide bonds. The van der Waals surface area contributed by atoms with Crippen molar-refractivity contribution in [1.29, 1.82) is 0 Å². The molecule has 1 aromatic carbocycles. The third-order valence-corrected chi connectivity index (χ3v) is 5.19. The predicted molar refractivity (Wildman–Crippen MR) is 95.8 cm³/mol. The Balaban J connectivity index is 1.45. The van der Waals surface area contributed by atoms with Gasteiger partial charge in [-0.3, -0.25) is 9.48 Å². The van der Waals surface area contributed by atoms with Gasteiger partial charge in [0, 0.05) is 42.6 Å². The molecule has 0 bridgehead atoms. The highest BCUT2D eigenvalue weighted by Crippen LogP contribution is 2.29. The Morgan fingerprint density at radius 1 is 1.24 bits per heavy atom. The van der Waals surface area contributed by atoms with Crippen LogP contribution in [-0.2, 0) is 18.2 Å². The number of ether oxygens (including phenoxy) is 1. The fourth-order valence-electron chi connectivity index (χ4n) is 3.74. The maximum Gasteiger partial charge on any atom is 0.251 e. The Morgan fingerprint density at radius 3 is 2.76 bits per heavy atom. The molecular weight excluding hydrogens is 316 g/mol. The molecule has 0 spiro atoms. The summed E-state index contributed by atoms with van der Waals surface area (Å²) in [5, 5.41) is 7.52. The van der Waals surface area contributed by atoms with E-state index in [1.807, 2.05) is 42.2 Å². The molecule has 2 heterocycles. The van der Waals surface area contributed by atoms with Crippen molar-refractivity contribution in [3.8, 4) is 0 Å². The van der Waals surface area contributed by atoms with Crippen LogP contribution in [0.5, 0.6) is 0 Å². The number of carbonyl (C=O) groups excluding carboxylic acids is 1. The van der Waals surface area contributed by atoms with Gasteiger partial charge in [0.15, 0.2) is 0 Å². The van der Waals surface area contributed by atoms with E-state index in [1.54, 1.807) is 0 Å². The minimum Gasteiger partial charge on any atom is -0.378 e. The minimum absolute atomic E-state index is 0.0183. The molecule has 1 fully saturated rings. The number of hydrogen-bond acceptors (Lipinski definition) is 4. The van der Waals surface area contributed by atoms with Crippen molar-refractivity contribution < 1.29 is 9.53 Å². The highest BCUT2D eigenvalue weighted by atomic mass is 16.5. The molecule has 2 aromatic rings. The van der Waals surface area contributed by atoms with Gasteiger partial charge >= 0.3 is 0 Å². The lowest BCUT2D eigenvalue weighted by Gasteiger charge is -2.29. The van der Waals surface area contributed by atoms with Crippen LogP contribution in [0.1, 0.15) is 40.5 Å². The van der Waals surface area contributed by atoms with Crippen molar-refractivity contribution in [3.05, 3.63) is 47.3 Å². The number of aromatic nitrogens is 2. The topological polar surface area (TPSA) is 59.4 Å². The molecule has 132 valence electrons. The Labute approximate surface area is 147 Å². The summed E-state index contributed by atoms with van der Waals surface area (Å²) >= 11 is 0. The van der Waals surface area contributed by atoms with Crippen LogP contribution in [0.15, 0.2) is 30.5 Å². The van der Waals surface area contributed by atoms with Gasteiger partial charge < -0.3 is 15.0 Å². The van der Waals surface area contributed by atoms with Gasteiger partial charge in [-0.25, -0.2) is 0 Å². The second-order valence-electron chi connectivity index (χ2n) is 6.73. The number of morpholine rings is 1. The Kier molecular flexibility index (Phi) is 4.44. The van der Waals surface area contributed by atoms with Crippen LogP contribution in [0.3, 0.4) is 0 Å². The summed E-state index contributed by atoms with van der Waals surface area (Å²) in [6, 6.07) is 7.93. The van der Waals surface area contributed by atoms with Crippen LogP contribution >= 0.6 is 0 Å². The van der Waals surface area contributed by atoms with E-state index in [1.165, 1.54) is 5.69 Å². The number of rotatable bonds is 3. The maximum atomic E-state index is 12.6. The molecule has 1 N–H and O–H groups in total. The zero-order valence-corrected chi connectivity index (χ0v) is 14.6. The van der Waals surface area contributed by atoms with E-state index in [9.17, 15) is 4.79 Å². The molecular formula is C19H24N4O2. The SMILES string of the molecule is Cn1ncc2c1CCCC2NC(=O)c1ccc(N2CCOCC2)cc1. The summed E-state index contributed by atoms with van der Waals surface area (Å²) in [5.74, 6) is -0.0183. The monoisotopic (exact) mass is 340 g/mol. The Hall–Kier alpha value is -2.34. The van der Waals surface area contributed by atoms with Crippen molar-refractivity contribution in [2.24, 2.45) is 7.05 Å². The van der Waals surface area contributed by atoms with Crippen molar-refractivity contribution in [1.82, 2.24) is 15.1 Å². The molecule has 1 aliphatic carbocycles. The van der Waals surface area contributed by atoms with Crippen LogP contribution in [0.4, 0.5) is 5.69 Å². The Bertz CT molecular complexity index is 747. The van der Waals surface area contributed by atoms with Crippen molar-refractivity contribution in [2.45, 2.75) is 25.3 Å². The van der Waals surface area contributed by atoms with E-state index in [-0.39, 0.29) is 11.9 Å². The van der Waals surface area contributed by atoms with E-state index >= 15 is 0 Å². The van der Waals surface area contributed by atoms with E-state index in [0.717, 1.165) is 56.8 Å². The molecule has 6 heteroatoms. The van der Waals surface area contributed by atoms with E-state index in [4.69, 9.17) is 4.74 Å². The third-order valence-electron chi connectivity index (χ3n) is 5.19. The predicted octanol–water partition coefficient (Wildman–Crippen LogP) is 2.06. The normalized spacial score (nSPS) is 20.2. The summed E-state index contributed by atoms with van der Waals surface area (Å²) in [7, 11) is 1.97. The first-order valence-electron chi connectivity index (χ1n) is 8.97. The summed E-state index contributed by atoms with van der Waals surface area (Å²) < 4.78 is 7.31. The quantitative estimate of drug-likeness (QED) is 0.929. The molecule has 1 unspecified atom stereocenters. The number of aryl methyl sites for hydroxylation is 1. The average Bonchev–Trinajstić information content (AvgIpc) is 3.05. The molecule has 2 aliphatic rings. The molecule has 0 radical (unpaired) electrons. The van der Waals surface area contributed by atoms with Gasteiger partial charge in [0.05, 0.1) is 25.5 Å². The summed E-state index contributed by atoms with van der Waals surface area (Å²) in [5.41, 5.74) is 4.24. The number of benzene rings is 1. The molecule has 1 atom stereocenters. The van der Waals surface area contributed by atoms with Gasteiger partial charge in [-0.1, -0.05) is 0 Å². The maximum absolute atomic E-state index is 12.6. The first kappa shape index (κ1) is 16.1. The second-order valence-corrected chi connectivity index (χ2v) is 6.73. The molecule has 1 aromatic heterocycles. The highest BCUT2D eigenvalue weighted by Gasteiger charge is 2.25. The lowest BCUT2D eigenvalue weighted by Crippen LogP contribution is -2.36. The fourth-order valence-corrected chi connectivity index (χ4v) is 3.74. The zero-order valence-electron chi connectivity index (χ0n) is 14.6. The number of fused-ring (bicyclic) bond motifs is 1. The number of anilines is 1. The zero-order chi connectivity index (χ0) is 17.2. The summed E-state index contributed by atoms with van der Waals surface area (Å²) in [6.45, 7) is 3.32. The number of amides is 1. The smallest absolute Gasteiger partial charge is 0.251 e. The number of hydrogen-bond donors (Lipinski definition) is 1. The third kappa shape index (κ3) is 3.26. The first-order chi connectivity index (χ1) is 12.2. The summed E-state index contributed by atoms with van der Waals surface area (Å²) in [4.78, 5) is 14.9. The van der Waals surface area contributed by atoms with Gasteiger partial charge in [0.25, 0.3) is 5.91 Å². The van der Waals surface area contributed by atoms with Gasteiger partial charge in [0.2, 0.25) is 0 Å². The van der Waals surface area contributed by atoms with Gasteiger partial charge in [-0.05, 0) is 43.5 Å². The molecule has 25 heavy (non-hydrogen) atoms. The van der Waals surface area contributed by atoms with Gasteiger partial charge in [-0.2, -0.15) is 5.10 Å². The molecule has 6 nitrogen and oxygen atoms in total. The summed E-state index contributed by atoms with van der Waals surface area (Å²) in [6.07, 6.45) is 4.97. The van der Waals surface area contributed by atoms with Crippen molar-refractivity contribution in [2.75, 3.05) is 31.2 Å². The van der Waals surface area contributed by atoms with Crippen LogP contribution in [0.25, 0.3) is 0 Å². The molecule has 1 aliphatic heterocycles. The van der Waals surface area contributed by atoms with Crippen LogP contribution in [0.2, 0.25) is 0 Å². The minimum atomic E-state index is -0.0183.